The molecule has 1 N–H and O–H groups in total. The summed E-state index contributed by atoms with van der Waals surface area (Å²) in [4.78, 5) is 16.0. The van der Waals surface area contributed by atoms with E-state index in [9.17, 15) is 4.79 Å². The fourth-order valence-corrected chi connectivity index (χ4v) is 2.83. The molecule has 0 bridgehead atoms. The van der Waals surface area contributed by atoms with Gasteiger partial charge in [-0.05, 0) is 35.0 Å². The normalized spacial score (nSPS) is 11.3. The lowest BCUT2D eigenvalue weighted by molar-refractivity contribution is 0.0954. The molecule has 23 heavy (non-hydrogen) atoms. The first-order valence-electron chi connectivity index (χ1n) is 7.06. The van der Waals surface area contributed by atoms with Crippen LogP contribution >= 0.6 is 15.9 Å². The second kappa shape index (κ2) is 6.34. The van der Waals surface area contributed by atoms with Crippen LogP contribution in [0.5, 0.6) is 0 Å². The first-order valence-corrected chi connectivity index (χ1v) is 7.85. The predicted octanol–water partition coefficient (Wildman–Crippen LogP) is 3.41. The molecule has 6 heteroatoms. The molecule has 0 radical (unpaired) electrons. The van der Waals surface area contributed by atoms with Gasteiger partial charge in [-0.2, -0.15) is 5.10 Å². The Kier molecular flexibility index (Phi) is 4.25. The molecule has 2 aromatic heterocycles. The molecule has 1 amide bonds. The number of amides is 1. The Morgan fingerprint density at radius 3 is 2.91 bits per heavy atom. The Morgan fingerprint density at radius 2 is 2.13 bits per heavy atom. The molecule has 2 heterocycles. The first kappa shape index (κ1) is 15.4. The van der Waals surface area contributed by atoms with Gasteiger partial charge in [-0.25, -0.2) is 5.43 Å². The summed E-state index contributed by atoms with van der Waals surface area (Å²) in [5, 5.41) is 5.20. The molecular formula is C17H15BrN4O. The van der Waals surface area contributed by atoms with Crippen LogP contribution in [0.4, 0.5) is 0 Å². The van der Waals surface area contributed by atoms with E-state index in [4.69, 9.17) is 0 Å². The Hall–Kier alpha value is -2.47. The average Bonchev–Trinajstić information content (AvgIpc) is 2.80. The van der Waals surface area contributed by atoms with Crippen molar-refractivity contribution in [3.63, 3.8) is 0 Å². The number of fused-ring (bicyclic) bond motifs is 1. The molecule has 0 saturated carbocycles. The number of aryl methyl sites for hydroxylation is 1. The maximum absolute atomic E-state index is 12.0. The standard InChI is InChI=1S/C17H15BrN4O/c1-11-15(14-5-3-4-6-16(14)22(11)2)10-20-21-17(23)12-7-13(18)9-19-8-12/h3-10H,1-2H3,(H,21,23)/b20-10-. The van der Waals surface area contributed by atoms with Gasteiger partial charge < -0.3 is 4.57 Å². The topological polar surface area (TPSA) is 59.3 Å². The number of hydrogen-bond acceptors (Lipinski definition) is 3. The van der Waals surface area contributed by atoms with Gasteiger partial charge in [-0.3, -0.25) is 9.78 Å². The summed E-state index contributed by atoms with van der Waals surface area (Å²) >= 11 is 3.29. The number of hydrazone groups is 1. The van der Waals surface area contributed by atoms with Gasteiger partial charge in [0.1, 0.15) is 0 Å². The van der Waals surface area contributed by atoms with Crippen LogP contribution in [0.15, 0.2) is 52.3 Å². The van der Waals surface area contributed by atoms with Gasteiger partial charge in [0, 0.05) is 46.1 Å². The fraction of sp³-hybridized carbons (Fsp3) is 0.118. The van der Waals surface area contributed by atoms with Crippen molar-refractivity contribution >= 4 is 39.0 Å². The summed E-state index contributed by atoms with van der Waals surface area (Å²) < 4.78 is 2.86. The van der Waals surface area contributed by atoms with Gasteiger partial charge >= 0.3 is 0 Å². The summed E-state index contributed by atoms with van der Waals surface area (Å²) in [5.74, 6) is -0.298. The quantitative estimate of drug-likeness (QED) is 0.567. The fourth-order valence-electron chi connectivity index (χ4n) is 2.47. The lowest BCUT2D eigenvalue weighted by atomic mass is 10.1. The van der Waals surface area contributed by atoms with E-state index in [2.05, 4.69) is 42.1 Å². The van der Waals surface area contributed by atoms with E-state index in [1.54, 1.807) is 18.5 Å². The number of rotatable bonds is 3. The molecule has 3 rings (SSSR count). The van der Waals surface area contributed by atoms with Crippen molar-refractivity contribution in [3.8, 4) is 0 Å². The third-order valence-corrected chi connectivity index (χ3v) is 4.21. The minimum Gasteiger partial charge on any atom is -0.347 e. The lowest BCUT2D eigenvalue weighted by Crippen LogP contribution is -2.17. The van der Waals surface area contributed by atoms with E-state index in [1.165, 1.54) is 6.20 Å². The van der Waals surface area contributed by atoms with Crippen LogP contribution in [0.25, 0.3) is 10.9 Å². The third kappa shape index (κ3) is 3.03. The molecule has 0 aliphatic rings. The minimum absolute atomic E-state index is 0.298. The van der Waals surface area contributed by atoms with E-state index < -0.39 is 0 Å². The zero-order valence-corrected chi connectivity index (χ0v) is 14.3. The molecule has 0 aliphatic heterocycles. The van der Waals surface area contributed by atoms with Crippen LogP contribution in [0.1, 0.15) is 21.6 Å². The second-order valence-electron chi connectivity index (χ2n) is 5.17. The summed E-state index contributed by atoms with van der Waals surface area (Å²) in [7, 11) is 2.01. The van der Waals surface area contributed by atoms with E-state index in [0.717, 1.165) is 26.6 Å². The molecule has 0 unspecified atom stereocenters. The van der Waals surface area contributed by atoms with Crippen LogP contribution in [0, 0.1) is 6.92 Å². The highest BCUT2D eigenvalue weighted by atomic mass is 79.9. The van der Waals surface area contributed by atoms with Crippen molar-refractivity contribution in [1.29, 1.82) is 0 Å². The van der Waals surface area contributed by atoms with E-state index in [1.807, 2.05) is 32.2 Å². The maximum Gasteiger partial charge on any atom is 0.272 e. The monoisotopic (exact) mass is 370 g/mol. The number of aromatic nitrogens is 2. The van der Waals surface area contributed by atoms with Gasteiger partial charge in [-0.1, -0.05) is 18.2 Å². The Bertz CT molecular complexity index is 914. The molecule has 3 aromatic rings. The van der Waals surface area contributed by atoms with Crippen LogP contribution < -0.4 is 5.43 Å². The average molecular weight is 371 g/mol. The smallest absolute Gasteiger partial charge is 0.272 e. The number of carbonyl (C=O) groups is 1. The lowest BCUT2D eigenvalue weighted by Gasteiger charge is -2.00. The Balaban J connectivity index is 1.84. The highest BCUT2D eigenvalue weighted by Crippen LogP contribution is 2.22. The minimum atomic E-state index is -0.298. The summed E-state index contributed by atoms with van der Waals surface area (Å²) in [5.41, 5.74) is 6.21. The van der Waals surface area contributed by atoms with Crippen molar-refractivity contribution in [2.24, 2.45) is 12.1 Å². The number of carbonyl (C=O) groups excluding carboxylic acids is 1. The van der Waals surface area contributed by atoms with Crippen molar-refractivity contribution in [2.45, 2.75) is 6.92 Å². The molecule has 0 saturated heterocycles. The van der Waals surface area contributed by atoms with Gasteiger partial charge in [0.2, 0.25) is 0 Å². The zero-order chi connectivity index (χ0) is 16.4. The van der Waals surface area contributed by atoms with Crippen LogP contribution in [0.3, 0.4) is 0 Å². The van der Waals surface area contributed by atoms with Gasteiger partial charge in [0.05, 0.1) is 11.8 Å². The number of hydrogen-bond donors (Lipinski definition) is 1. The summed E-state index contributed by atoms with van der Waals surface area (Å²) in [6.45, 7) is 2.03. The van der Waals surface area contributed by atoms with E-state index >= 15 is 0 Å². The molecular weight excluding hydrogens is 356 g/mol. The highest BCUT2D eigenvalue weighted by molar-refractivity contribution is 9.10. The molecule has 0 fully saturated rings. The first-order chi connectivity index (χ1) is 11.1. The molecule has 1 aromatic carbocycles. The van der Waals surface area contributed by atoms with Gasteiger partial charge in [0.25, 0.3) is 5.91 Å². The maximum atomic E-state index is 12.0. The van der Waals surface area contributed by atoms with Crippen molar-refractivity contribution in [3.05, 3.63) is 64.0 Å². The Labute approximate surface area is 142 Å². The van der Waals surface area contributed by atoms with E-state index in [-0.39, 0.29) is 5.91 Å². The van der Waals surface area contributed by atoms with Gasteiger partial charge in [-0.15, -0.1) is 0 Å². The number of pyridine rings is 1. The number of benzene rings is 1. The zero-order valence-electron chi connectivity index (χ0n) is 12.7. The summed E-state index contributed by atoms with van der Waals surface area (Å²) in [6.07, 6.45) is 4.80. The number of para-hydroxylation sites is 1. The van der Waals surface area contributed by atoms with Crippen LogP contribution in [-0.4, -0.2) is 21.7 Å². The molecule has 0 atom stereocenters. The van der Waals surface area contributed by atoms with Crippen molar-refractivity contribution < 1.29 is 4.79 Å². The third-order valence-electron chi connectivity index (χ3n) is 3.78. The number of halogens is 1. The number of nitrogens with one attached hydrogen (secondary N) is 1. The van der Waals surface area contributed by atoms with Crippen molar-refractivity contribution in [2.75, 3.05) is 0 Å². The largest absolute Gasteiger partial charge is 0.347 e. The van der Waals surface area contributed by atoms with E-state index in [0.29, 0.717) is 5.56 Å². The number of nitrogens with zero attached hydrogens (tertiary/aromatic N) is 3. The molecule has 5 nitrogen and oxygen atoms in total. The van der Waals surface area contributed by atoms with Crippen LogP contribution in [-0.2, 0) is 7.05 Å². The molecule has 0 aliphatic carbocycles. The van der Waals surface area contributed by atoms with Gasteiger partial charge in [0.15, 0.2) is 0 Å². The second-order valence-corrected chi connectivity index (χ2v) is 6.08. The summed E-state index contributed by atoms with van der Waals surface area (Å²) in [6, 6.07) is 9.80. The SMILES string of the molecule is Cc1c(/C=N\NC(=O)c2cncc(Br)c2)c2ccccc2n1C. The predicted molar refractivity (Wildman–Crippen MR) is 94.7 cm³/mol. The van der Waals surface area contributed by atoms with Crippen molar-refractivity contribution in [1.82, 2.24) is 15.0 Å². The van der Waals surface area contributed by atoms with Crippen LogP contribution in [0.2, 0.25) is 0 Å². The highest BCUT2D eigenvalue weighted by Gasteiger charge is 2.10. The molecule has 0 spiro atoms. The Morgan fingerprint density at radius 1 is 1.35 bits per heavy atom. The molecule has 116 valence electrons.